The van der Waals surface area contributed by atoms with E-state index in [1.807, 2.05) is 6.07 Å². The Bertz CT molecular complexity index is 351. The molecule has 1 rings (SSSR count). The Morgan fingerprint density at radius 3 is 2.71 bits per heavy atom. The molecule has 0 radical (unpaired) electrons. The Labute approximate surface area is 87.4 Å². The lowest BCUT2D eigenvalue weighted by atomic mass is 10.1. The summed E-state index contributed by atoms with van der Waals surface area (Å²) in [7, 11) is 0. The van der Waals surface area contributed by atoms with E-state index in [1.165, 1.54) is 12.1 Å². The predicted octanol–water partition coefficient (Wildman–Crippen LogP) is 1.87. The van der Waals surface area contributed by atoms with Gasteiger partial charge in [0, 0.05) is 6.04 Å². The maximum absolute atomic E-state index is 12.8. The molecule has 14 heavy (non-hydrogen) atoms. The number of nitrogens with two attached hydrogens (primary N) is 1. The third kappa shape index (κ3) is 2.87. The SMILES string of the molecule is Cl.N#CC[C@H](N)c1ccc(O)c(F)c1. The summed E-state index contributed by atoms with van der Waals surface area (Å²) in [6.45, 7) is 0. The van der Waals surface area contributed by atoms with Crippen LogP contribution in [0.2, 0.25) is 0 Å². The van der Waals surface area contributed by atoms with Crippen LogP contribution in [-0.4, -0.2) is 5.11 Å². The van der Waals surface area contributed by atoms with E-state index in [0.29, 0.717) is 5.56 Å². The van der Waals surface area contributed by atoms with E-state index in [2.05, 4.69) is 0 Å². The van der Waals surface area contributed by atoms with Crippen molar-refractivity contribution in [3.8, 4) is 11.8 Å². The van der Waals surface area contributed by atoms with Gasteiger partial charge >= 0.3 is 0 Å². The number of nitrogens with zero attached hydrogens (tertiary/aromatic N) is 1. The first kappa shape index (κ1) is 12.7. The van der Waals surface area contributed by atoms with Gasteiger partial charge in [-0.05, 0) is 17.7 Å². The van der Waals surface area contributed by atoms with Crippen molar-refractivity contribution in [1.29, 1.82) is 5.26 Å². The van der Waals surface area contributed by atoms with E-state index < -0.39 is 17.6 Å². The Hall–Kier alpha value is -1.31. The highest BCUT2D eigenvalue weighted by atomic mass is 35.5. The molecule has 1 aromatic rings. The first-order chi connectivity index (χ1) is 6.15. The number of benzene rings is 1. The molecule has 1 atom stereocenters. The van der Waals surface area contributed by atoms with Crippen LogP contribution in [0.5, 0.6) is 5.75 Å². The number of hydrogen-bond donors (Lipinski definition) is 2. The number of halogens is 2. The van der Waals surface area contributed by atoms with Crippen LogP contribution in [0, 0.1) is 17.1 Å². The van der Waals surface area contributed by atoms with Crippen LogP contribution >= 0.6 is 12.4 Å². The lowest BCUT2D eigenvalue weighted by molar-refractivity contribution is 0.431. The molecule has 0 fully saturated rings. The second kappa shape index (κ2) is 5.43. The van der Waals surface area contributed by atoms with Crippen LogP contribution in [0.3, 0.4) is 0 Å². The molecule has 0 amide bonds. The van der Waals surface area contributed by atoms with E-state index in [-0.39, 0.29) is 18.8 Å². The number of aromatic hydroxyl groups is 1. The Morgan fingerprint density at radius 1 is 1.57 bits per heavy atom. The van der Waals surface area contributed by atoms with Crippen LogP contribution < -0.4 is 5.73 Å². The largest absolute Gasteiger partial charge is 0.505 e. The number of phenols is 1. The van der Waals surface area contributed by atoms with E-state index >= 15 is 0 Å². The van der Waals surface area contributed by atoms with Crippen molar-refractivity contribution in [3.05, 3.63) is 29.6 Å². The van der Waals surface area contributed by atoms with Gasteiger partial charge in [-0.25, -0.2) is 4.39 Å². The molecule has 0 heterocycles. The molecule has 3 N–H and O–H groups in total. The zero-order valence-electron chi connectivity index (χ0n) is 7.27. The molecule has 0 saturated heterocycles. The first-order valence-electron chi connectivity index (χ1n) is 3.76. The molecular weight excluding hydrogens is 207 g/mol. The van der Waals surface area contributed by atoms with E-state index in [0.717, 1.165) is 6.07 Å². The Kier molecular flexibility index (Phi) is 4.92. The molecule has 3 nitrogen and oxygen atoms in total. The van der Waals surface area contributed by atoms with E-state index in [1.54, 1.807) is 0 Å². The molecule has 0 spiro atoms. The highest BCUT2D eigenvalue weighted by Gasteiger charge is 2.08. The first-order valence-corrected chi connectivity index (χ1v) is 3.76. The van der Waals surface area contributed by atoms with Crippen molar-refractivity contribution in [1.82, 2.24) is 0 Å². The minimum atomic E-state index is -0.717. The van der Waals surface area contributed by atoms with Crippen molar-refractivity contribution in [2.24, 2.45) is 5.73 Å². The fourth-order valence-corrected chi connectivity index (χ4v) is 0.970. The molecule has 0 unspecified atom stereocenters. The lowest BCUT2D eigenvalue weighted by Crippen LogP contribution is -2.09. The number of nitriles is 1. The van der Waals surface area contributed by atoms with Gasteiger partial charge in [0.05, 0.1) is 12.5 Å². The van der Waals surface area contributed by atoms with Gasteiger partial charge in [-0.3, -0.25) is 0 Å². The Balaban J connectivity index is 0.00000169. The maximum Gasteiger partial charge on any atom is 0.165 e. The van der Waals surface area contributed by atoms with Gasteiger partial charge in [0.2, 0.25) is 0 Å². The minimum Gasteiger partial charge on any atom is -0.505 e. The summed E-state index contributed by atoms with van der Waals surface area (Å²) >= 11 is 0. The molecule has 76 valence electrons. The average molecular weight is 217 g/mol. The van der Waals surface area contributed by atoms with Crippen LogP contribution in [-0.2, 0) is 0 Å². The number of hydrogen-bond acceptors (Lipinski definition) is 3. The van der Waals surface area contributed by atoms with Gasteiger partial charge in [-0.2, -0.15) is 5.26 Å². The summed E-state index contributed by atoms with van der Waals surface area (Å²) < 4.78 is 12.8. The molecule has 0 aliphatic carbocycles. The quantitative estimate of drug-likeness (QED) is 0.793. The molecule has 5 heteroatoms. The van der Waals surface area contributed by atoms with Gasteiger partial charge in [0.25, 0.3) is 0 Å². The third-order valence-electron chi connectivity index (χ3n) is 1.71. The Morgan fingerprint density at radius 2 is 2.21 bits per heavy atom. The summed E-state index contributed by atoms with van der Waals surface area (Å²) in [5.41, 5.74) is 6.06. The monoisotopic (exact) mass is 216 g/mol. The fourth-order valence-electron chi connectivity index (χ4n) is 0.970. The molecule has 0 aliphatic rings. The van der Waals surface area contributed by atoms with E-state index in [9.17, 15) is 4.39 Å². The highest BCUT2D eigenvalue weighted by molar-refractivity contribution is 5.85. The van der Waals surface area contributed by atoms with Crippen molar-refractivity contribution < 1.29 is 9.50 Å². The van der Waals surface area contributed by atoms with Crippen LogP contribution in [0.4, 0.5) is 4.39 Å². The van der Waals surface area contributed by atoms with Crippen molar-refractivity contribution in [2.45, 2.75) is 12.5 Å². The summed E-state index contributed by atoms with van der Waals surface area (Å²) in [5.74, 6) is -1.13. The summed E-state index contributed by atoms with van der Waals surface area (Å²) in [5, 5.41) is 17.2. The van der Waals surface area contributed by atoms with Crippen molar-refractivity contribution >= 4 is 12.4 Å². The van der Waals surface area contributed by atoms with Gasteiger partial charge < -0.3 is 10.8 Å². The van der Waals surface area contributed by atoms with Crippen LogP contribution in [0.25, 0.3) is 0 Å². The van der Waals surface area contributed by atoms with Crippen LogP contribution in [0.15, 0.2) is 18.2 Å². The van der Waals surface area contributed by atoms with Gasteiger partial charge in [-0.1, -0.05) is 6.07 Å². The number of rotatable bonds is 2. The highest BCUT2D eigenvalue weighted by Crippen LogP contribution is 2.20. The normalized spacial score (nSPS) is 11.2. The topological polar surface area (TPSA) is 70.0 Å². The van der Waals surface area contributed by atoms with Gasteiger partial charge in [0.15, 0.2) is 11.6 Å². The van der Waals surface area contributed by atoms with Gasteiger partial charge in [0.1, 0.15) is 0 Å². The second-order valence-corrected chi connectivity index (χ2v) is 2.68. The van der Waals surface area contributed by atoms with E-state index in [4.69, 9.17) is 16.1 Å². The molecule has 0 aromatic heterocycles. The smallest absolute Gasteiger partial charge is 0.165 e. The zero-order chi connectivity index (χ0) is 9.84. The lowest BCUT2D eigenvalue weighted by Gasteiger charge is -2.07. The average Bonchev–Trinajstić information content (AvgIpc) is 2.10. The predicted molar refractivity (Wildman–Crippen MR) is 52.5 cm³/mol. The summed E-state index contributed by atoms with van der Waals surface area (Å²) in [6.07, 6.45) is 0.129. The number of phenolic OH excluding ortho intramolecular Hbond substituents is 1. The van der Waals surface area contributed by atoms with Crippen LogP contribution in [0.1, 0.15) is 18.0 Å². The standard InChI is InChI=1S/C9H9FN2O.ClH/c10-7-5-6(1-2-9(7)13)8(12)3-4-11;/h1-2,5,8,13H,3,12H2;1H/t8-;/m0./s1. The molecule has 0 aliphatic heterocycles. The third-order valence-corrected chi connectivity index (χ3v) is 1.71. The zero-order valence-corrected chi connectivity index (χ0v) is 8.09. The molecular formula is C9H10ClFN2O. The summed E-state index contributed by atoms with van der Waals surface area (Å²) in [6, 6.07) is 5.25. The second-order valence-electron chi connectivity index (χ2n) is 2.68. The minimum absolute atomic E-state index is 0. The summed E-state index contributed by atoms with van der Waals surface area (Å²) in [4.78, 5) is 0. The van der Waals surface area contributed by atoms with Gasteiger partial charge in [-0.15, -0.1) is 12.4 Å². The molecule has 0 bridgehead atoms. The molecule has 0 saturated carbocycles. The van der Waals surface area contributed by atoms with Crippen molar-refractivity contribution in [3.63, 3.8) is 0 Å². The van der Waals surface area contributed by atoms with Crippen molar-refractivity contribution in [2.75, 3.05) is 0 Å². The fraction of sp³-hybridized carbons (Fsp3) is 0.222. The maximum atomic E-state index is 12.8. The molecule has 1 aromatic carbocycles.